The minimum atomic E-state index is -0.976. The molecule has 0 bridgehead atoms. The average molecular weight is 288 g/mol. The molecule has 1 aliphatic rings. The minimum absolute atomic E-state index is 0.224. The van der Waals surface area contributed by atoms with Gasteiger partial charge < -0.3 is 15.2 Å². The van der Waals surface area contributed by atoms with Crippen molar-refractivity contribution in [2.75, 3.05) is 13.7 Å². The highest BCUT2D eigenvalue weighted by molar-refractivity contribution is 5.30. The Balaban J connectivity index is 1.85. The molecule has 1 aromatic rings. The highest BCUT2D eigenvalue weighted by atomic mass is 16.5. The van der Waals surface area contributed by atoms with Gasteiger partial charge in [0.15, 0.2) is 0 Å². The zero-order valence-electron chi connectivity index (χ0n) is 12.6. The average Bonchev–Trinajstić information content (AvgIpc) is 2.55. The fraction of sp³-hybridized carbons (Fsp3) is 0.588. The molecule has 114 valence electrons. The van der Waals surface area contributed by atoms with E-state index in [9.17, 15) is 5.26 Å². The van der Waals surface area contributed by atoms with Crippen molar-refractivity contribution in [2.45, 2.75) is 49.9 Å². The quantitative estimate of drug-likeness (QED) is 0.874. The first-order valence-electron chi connectivity index (χ1n) is 7.58. The predicted octanol–water partition coefficient (Wildman–Crippen LogP) is 2.73. The van der Waals surface area contributed by atoms with Gasteiger partial charge in [0.2, 0.25) is 0 Å². The minimum Gasteiger partial charge on any atom is -0.381 e. The molecule has 21 heavy (non-hydrogen) atoms. The third-order valence-electron chi connectivity index (χ3n) is 4.25. The number of nitriles is 1. The van der Waals surface area contributed by atoms with Gasteiger partial charge >= 0.3 is 0 Å². The monoisotopic (exact) mass is 288 g/mol. The molecule has 1 saturated carbocycles. The normalized spacial score (nSPS) is 25.0. The lowest BCUT2D eigenvalue weighted by molar-refractivity contribution is -0.0324. The van der Waals surface area contributed by atoms with Gasteiger partial charge in [-0.1, -0.05) is 30.3 Å². The Morgan fingerprint density at radius 1 is 1.29 bits per heavy atom. The first-order chi connectivity index (χ1) is 10.2. The molecule has 4 heteroatoms. The van der Waals surface area contributed by atoms with Gasteiger partial charge in [-0.05, 0) is 31.2 Å². The molecule has 3 atom stereocenters. The van der Waals surface area contributed by atoms with E-state index in [1.54, 1.807) is 7.11 Å². The maximum Gasteiger partial charge on any atom is 0.132 e. The third kappa shape index (κ3) is 4.28. The summed E-state index contributed by atoms with van der Waals surface area (Å²) >= 11 is 0. The SMILES string of the molecule is COC1CCCC(OCCC(N)(C#N)c2ccccc2)C1. The van der Waals surface area contributed by atoms with E-state index in [4.69, 9.17) is 15.2 Å². The summed E-state index contributed by atoms with van der Waals surface area (Å²) in [4.78, 5) is 0. The van der Waals surface area contributed by atoms with Gasteiger partial charge in [0.25, 0.3) is 0 Å². The Bertz CT molecular complexity index is 471. The predicted molar refractivity (Wildman–Crippen MR) is 81.5 cm³/mol. The highest BCUT2D eigenvalue weighted by Crippen LogP contribution is 2.25. The number of rotatable bonds is 6. The molecule has 1 aromatic carbocycles. The van der Waals surface area contributed by atoms with Gasteiger partial charge in [0.05, 0.1) is 24.9 Å². The Kier molecular flexibility index (Phi) is 5.75. The second-order valence-electron chi connectivity index (χ2n) is 5.72. The van der Waals surface area contributed by atoms with Gasteiger partial charge in [-0.3, -0.25) is 0 Å². The number of nitrogens with zero attached hydrogens (tertiary/aromatic N) is 1. The Hall–Kier alpha value is -1.41. The van der Waals surface area contributed by atoms with Gasteiger partial charge in [-0.2, -0.15) is 5.26 Å². The van der Waals surface area contributed by atoms with Gasteiger partial charge in [-0.25, -0.2) is 0 Å². The van der Waals surface area contributed by atoms with Crippen LogP contribution in [0.5, 0.6) is 0 Å². The van der Waals surface area contributed by atoms with Crippen LogP contribution in [0.15, 0.2) is 30.3 Å². The fourth-order valence-corrected chi connectivity index (χ4v) is 2.85. The molecule has 0 saturated heterocycles. The van der Waals surface area contributed by atoms with Crippen LogP contribution in [0, 0.1) is 11.3 Å². The van der Waals surface area contributed by atoms with Crippen molar-refractivity contribution in [1.29, 1.82) is 5.26 Å². The van der Waals surface area contributed by atoms with E-state index in [2.05, 4.69) is 6.07 Å². The second kappa shape index (κ2) is 7.56. The smallest absolute Gasteiger partial charge is 0.132 e. The van der Waals surface area contributed by atoms with Crippen molar-refractivity contribution in [3.63, 3.8) is 0 Å². The van der Waals surface area contributed by atoms with Crippen LogP contribution in [0.3, 0.4) is 0 Å². The number of hydrogen-bond acceptors (Lipinski definition) is 4. The Morgan fingerprint density at radius 3 is 2.67 bits per heavy atom. The number of nitrogens with two attached hydrogens (primary N) is 1. The molecule has 0 amide bonds. The molecule has 2 rings (SSSR count). The van der Waals surface area contributed by atoms with E-state index in [-0.39, 0.29) is 6.10 Å². The van der Waals surface area contributed by atoms with Crippen LogP contribution in [0.4, 0.5) is 0 Å². The van der Waals surface area contributed by atoms with E-state index in [0.717, 1.165) is 31.2 Å². The maximum absolute atomic E-state index is 9.41. The molecule has 2 N–H and O–H groups in total. The van der Waals surface area contributed by atoms with Crippen LogP contribution in [0.25, 0.3) is 0 Å². The molecule has 0 aliphatic heterocycles. The van der Waals surface area contributed by atoms with Gasteiger partial charge in [-0.15, -0.1) is 0 Å². The summed E-state index contributed by atoms with van der Waals surface area (Å²) in [5, 5.41) is 9.41. The fourth-order valence-electron chi connectivity index (χ4n) is 2.85. The number of ether oxygens (including phenoxy) is 2. The zero-order valence-corrected chi connectivity index (χ0v) is 12.6. The van der Waals surface area contributed by atoms with Crippen LogP contribution in [0.2, 0.25) is 0 Å². The number of benzene rings is 1. The molecule has 1 aliphatic carbocycles. The maximum atomic E-state index is 9.41. The zero-order chi connectivity index (χ0) is 15.1. The molecule has 0 aromatic heterocycles. The van der Waals surface area contributed by atoms with E-state index in [0.29, 0.717) is 19.1 Å². The van der Waals surface area contributed by atoms with Crippen molar-refractivity contribution < 1.29 is 9.47 Å². The van der Waals surface area contributed by atoms with Crippen LogP contribution >= 0.6 is 0 Å². The van der Waals surface area contributed by atoms with Crippen molar-refractivity contribution in [1.82, 2.24) is 0 Å². The molecule has 0 radical (unpaired) electrons. The molecule has 0 spiro atoms. The molecule has 4 nitrogen and oxygen atoms in total. The van der Waals surface area contributed by atoms with Crippen molar-refractivity contribution in [2.24, 2.45) is 5.73 Å². The van der Waals surface area contributed by atoms with Crippen LogP contribution in [0.1, 0.15) is 37.7 Å². The molecular weight excluding hydrogens is 264 g/mol. The summed E-state index contributed by atoms with van der Waals surface area (Å²) in [6, 6.07) is 11.7. The summed E-state index contributed by atoms with van der Waals surface area (Å²) in [6.07, 6.45) is 5.27. The van der Waals surface area contributed by atoms with Crippen molar-refractivity contribution >= 4 is 0 Å². The lowest BCUT2D eigenvalue weighted by Gasteiger charge is -2.29. The summed E-state index contributed by atoms with van der Waals surface area (Å²) in [7, 11) is 1.75. The standard InChI is InChI=1S/C17H24N2O2/c1-20-15-8-5-9-16(12-15)21-11-10-17(19,13-18)14-6-3-2-4-7-14/h2-4,6-7,15-16H,5,8-12,19H2,1H3. The van der Waals surface area contributed by atoms with E-state index >= 15 is 0 Å². The summed E-state index contributed by atoms with van der Waals surface area (Å²) < 4.78 is 11.3. The molecular formula is C17H24N2O2. The van der Waals surface area contributed by atoms with Crippen LogP contribution in [-0.4, -0.2) is 25.9 Å². The van der Waals surface area contributed by atoms with E-state index < -0.39 is 5.54 Å². The van der Waals surface area contributed by atoms with Crippen LogP contribution < -0.4 is 5.73 Å². The lowest BCUT2D eigenvalue weighted by atomic mass is 9.89. The summed E-state index contributed by atoms with van der Waals surface area (Å²) in [5.41, 5.74) is 6.09. The second-order valence-corrected chi connectivity index (χ2v) is 5.72. The summed E-state index contributed by atoms with van der Waals surface area (Å²) in [6.45, 7) is 0.500. The Labute approximate surface area is 126 Å². The molecule has 1 fully saturated rings. The lowest BCUT2D eigenvalue weighted by Crippen LogP contribution is -2.37. The largest absolute Gasteiger partial charge is 0.381 e. The molecule has 3 unspecified atom stereocenters. The van der Waals surface area contributed by atoms with E-state index in [1.165, 1.54) is 0 Å². The first-order valence-corrected chi connectivity index (χ1v) is 7.58. The Morgan fingerprint density at radius 2 is 2.00 bits per heavy atom. The molecule has 0 heterocycles. The summed E-state index contributed by atoms with van der Waals surface area (Å²) in [5.74, 6) is 0. The van der Waals surface area contributed by atoms with Crippen molar-refractivity contribution in [3.8, 4) is 6.07 Å². The number of methoxy groups -OCH3 is 1. The topological polar surface area (TPSA) is 68.3 Å². The van der Waals surface area contributed by atoms with E-state index in [1.807, 2.05) is 30.3 Å². The number of hydrogen-bond donors (Lipinski definition) is 1. The van der Waals surface area contributed by atoms with Crippen molar-refractivity contribution in [3.05, 3.63) is 35.9 Å². The van der Waals surface area contributed by atoms with Crippen LogP contribution in [-0.2, 0) is 15.0 Å². The van der Waals surface area contributed by atoms with Gasteiger partial charge in [0.1, 0.15) is 5.54 Å². The highest BCUT2D eigenvalue weighted by Gasteiger charge is 2.28. The first kappa shape index (κ1) is 16.0. The third-order valence-corrected chi connectivity index (χ3v) is 4.25. The van der Waals surface area contributed by atoms with Gasteiger partial charge in [0, 0.05) is 13.5 Å².